The molecule has 1 saturated carbocycles. The molecule has 0 aromatic carbocycles. The van der Waals surface area contributed by atoms with Crippen molar-refractivity contribution < 1.29 is 4.74 Å². The molecule has 112 valence electrons. The molecule has 4 unspecified atom stereocenters. The molecular weight excluding hydrogens is 234 g/mol. The van der Waals surface area contributed by atoms with Crippen LogP contribution in [0.2, 0.25) is 0 Å². The quantitative estimate of drug-likeness (QED) is 0.748. The molecule has 2 rings (SSSR count). The third-order valence-electron chi connectivity index (χ3n) is 5.21. The van der Waals surface area contributed by atoms with Gasteiger partial charge in [-0.1, -0.05) is 20.3 Å². The Morgan fingerprint density at radius 3 is 2.68 bits per heavy atom. The van der Waals surface area contributed by atoms with Crippen LogP contribution in [0.25, 0.3) is 0 Å². The van der Waals surface area contributed by atoms with Crippen LogP contribution < -0.4 is 5.32 Å². The SMILES string of the molecule is CCCNC1CCC(CC)CC1CCC1CCCO1. The molecule has 2 nitrogen and oxygen atoms in total. The second-order valence-corrected chi connectivity index (χ2v) is 6.62. The van der Waals surface area contributed by atoms with E-state index in [1.807, 2.05) is 0 Å². The third kappa shape index (κ3) is 4.75. The summed E-state index contributed by atoms with van der Waals surface area (Å²) in [6, 6.07) is 0.782. The molecule has 2 heteroatoms. The molecule has 0 aromatic rings. The van der Waals surface area contributed by atoms with Gasteiger partial charge >= 0.3 is 0 Å². The molecule has 19 heavy (non-hydrogen) atoms. The van der Waals surface area contributed by atoms with E-state index < -0.39 is 0 Å². The zero-order chi connectivity index (χ0) is 13.5. The fourth-order valence-corrected chi connectivity index (χ4v) is 3.92. The van der Waals surface area contributed by atoms with Crippen molar-refractivity contribution in [3.05, 3.63) is 0 Å². The fraction of sp³-hybridized carbons (Fsp3) is 1.00. The topological polar surface area (TPSA) is 21.3 Å². The van der Waals surface area contributed by atoms with E-state index in [2.05, 4.69) is 19.2 Å². The van der Waals surface area contributed by atoms with Crippen molar-refractivity contribution in [1.29, 1.82) is 0 Å². The molecule has 1 aliphatic carbocycles. The molecule has 4 atom stereocenters. The molecule has 0 amide bonds. The van der Waals surface area contributed by atoms with Gasteiger partial charge in [0.1, 0.15) is 0 Å². The maximum Gasteiger partial charge on any atom is 0.0576 e. The maximum absolute atomic E-state index is 5.79. The Balaban J connectivity index is 1.79. The van der Waals surface area contributed by atoms with Gasteiger partial charge in [0.25, 0.3) is 0 Å². The predicted molar refractivity (Wildman–Crippen MR) is 81.4 cm³/mol. The summed E-state index contributed by atoms with van der Waals surface area (Å²) in [6.45, 7) is 6.83. The summed E-state index contributed by atoms with van der Waals surface area (Å²) in [5.41, 5.74) is 0. The summed E-state index contributed by atoms with van der Waals surface area (Å²) in [5, 5.41) is 3.80. The molecule has 0 spiro atoms. The van der Waals surface area contributed by atoms with Crippen LogP contribution in [0.5, 0.6) is 0 Å². The van der Waals surface area contributed by atoms with E-state index in [9.17, 15) is 0 Å². The second-order valence-electron chi connectivity index (χ2n) is 6.62. The van der Waals surface area contributed by atoms with E-state index in [0.29, 0.717) is 6.10 Å². The maximum atomic E-state index is 5.79. The summed E-state index contributed by atoms with van der Waals surface area (Å²) in [6.07, 6.45) is 12.8. The van der Waals surface area contributed by atoms with E-state index in [-0.39, 0.29) is 0 Å². The zero-order valence-corrected chi connectivity index (χ0v) is 13.0. The molecular formula is C17H33NO. The van der Waals surface area contributed by atoms with Crippen LogP contribution in [-0.2, 0) is 4.74 Å². The van der Waals surface area contributed by atoms with Gasteiger partial charge in [0.15, 0.2) is 0 Å². The second kappa shape index (κ2) is 8.26. The average Bonchev–Trinajstić information content (AvgIpc) is 2.96. The molecule has 0 aromatic heterocycles. The molecule has 1 aliphatic heterocycles. The van der Waals surface area contributed by atoms with Crippen molar-refractivity contribution in [2.24, 2.45) is 11.8 Å². The van der Waals surface area contributed by atoms with Crippen LogP contribution in [0.4, 0.5) is 0 Å². The van der Waals surface area contributed by atoms with E-state index in [1.54, 1.807) is 0 Å². The highest BCUT2D eigenvalue weighted by molar-refractivity contribution is 4.85. The Morgan fingerprint density at radius 2 is 2.00 bits per heavy atom. The van der Waals surface area contributed by atoms with Crippen molar-refractivity contribution in [3.8, 4) is 0 Å². The number of nitrogens with one attached hydrogen (secondary N) is 1. The lowest BCUT2D eigenvalue weighted by atomic mass is 9.74. The lowest BCUT2D eigenvalue weighted by Crippen LogP contribution is -2.41. The minimum atomic E-state index is 0.578. The monoisotopic (exact) mass is 267 g/mol. The van der Waals surface area contributed by atoms with E-state index >= 15 is 0 Å². The van der Waals surface area contributed by atoms with E-state index in [1.165, 1.54) is 64.3 Å². The number of ether oxygens (including phenoxy) is 1. The molecule has 0 radical (unpaired) electrons. The van der Waals surface area contributed by atoms with Gasteiger partial charge in [-0.3, -0.25) is 0 Å². The lowest BCUT2D eigenvalue weighted by molar-refractivity contribution is 0.0886. The highest BCUT2D eigenvalue weighted by Gasteiger charge is 2.30. The zero-order valence-electron chi connectivity index (χ0n) is 13.0. The first kappa shape index (κ1) is 15.3. The van der Waals surface area contributed by atoms with Gasteiger partial charge in [-0.2, -0.15) is 0 Å². The van der Waals surface area contributed by atoms with Crippen molar-refractivity contribution >= 4 is 0 Å². The molecule has 0 bridgehead atoms. The van der Waals surface area contributed by atoms with Crippen molar-refractivity contribution in [2.45, 2.75) is 83.8 Å². The summed E-state index contributed by atoms with van der Waals surface area (Å²) in [4.78, 5) is 0. The van der Waals surface area contributed by atoms with Crippen LogP contribution in [0.1, 0.15) is 71.6 Å². The van der Waals surface area contributed by atoms with Crippen LogP contribution in [-0.4, -0.2) is 25.3 Å². The number of rotatable bonds is 7. The first-order valence-electron chi connectivity index (χ1n) is 8.68. The first-order chi connectivity index (χ1) is 9.33. The number of hydrogen-bond donors (Lipinski definition) is 1. The van der Waals surface area contributed by atoms with Gasteiger partial charge in [-0.25, -0.2) is 0 Å². The third-order valence-corrected chi connectivity index (χ3v) is 5.21. The minimum absolute atomic E-state index is 0.578. The highest BCUT2D eigenvalue weighted by Crippen LogP contribution is 2.35. The smallest absolute Gasteiger partial charge is 0.0576 e. The minimum Gasteiger partial charge on any atom is -0.378 e. The van der Waals surface area contributed by atoms with Gasteiger partial charge < -0.3 is 10.1 Å². The molecule has 2 fully saturated rings. The van der Waals surface area contributed by atoms with Crippen LogP contribution >= 0.6 is 0 Å². The Labute approximate surface area is 119 Å². The normalized spacial score (nSPS) is 35.7. The Morgan fingerprint density at radius 1 is 1.11 bits per heavy atom. The van der Waals surface area contributed by atoms with Crippen LogP contribution in [0.15, 0.2) is 0 Å². The molecule has 2 aliphatic rings. The van der Waals surface area contributed by atoms with Gasteiger partial charge in [-0.15, -0.1) is 0 Å². The van der Waals surface area contributed by atoms with E-state index in [4.69, 9.17) is 4.74 Å². The van der Waals surface area contributed by atoms with E-state index in [0.717, 1.165) is 24.5 Å². The summed E-state index contributed by atoms with van der Waals surface area (Å²) >= 11 is 0. The van der Waals surface area contributed by atoms with Crippen molar-refractivity contribution in [1.82, 2.24) is 5.32 Å². The summed E-state index contributed by atoms with van der Waals surface area (Å²) in [7, 11) is 0. The fourth-order valence-electron chi connectivity index (χ4n) is 3.92. The van der Waals surface area contributed by atoms with Gasteiger partial charge in [0.2, 0.25) is 0 Å². The summed E-state index contributed by atoms with van der Waals surface area (Å²) < 4.78 is 5.79. The molecule has 1 saturated heterocycles. The lowest BCUT2D eigenvalue weighted by Gasteiger charge is -2.37. The predicted octanol–water partition coefficient (Wildman–Crippen LogP) is 4.14. The first-order valence-corrected chi connectivity index (χ1v) is 8.68. The highest BCUT2D eigenvalue weighted by atomic mass is 16.5. The van der Waals surface area contributed by atoms with Crippen LogP contribution in [0.3, 0.4) is 0 Å². The number of hydrogen-bond acceptors (Lipinski definition) is 2. The summed E-state index contributed by atoms with van der Waals surface area (Å²) in [5.74, 6) is 1.88. The molecule has 1 heterocycles. The average molecular weight is 267 g/mol. The van der Waals surface area contributed by atoms with Crippen molar-refractivity contribution in [2.75, 3.05) is 13.2 Å². The van der Waals surface area contributed by atoms with Crippen molar-refractivity contribution in [3.63, 3.8) is 0 Å². The molecule has 1 N–H and O–H groups in total. The van der Waals surface area contributed by atoms with Crippen LogP contribution in [0, 0.1) is 11.8 Å². The largest absolute Gasteiger partial charge is 0.378 e. The Bertz CT molecular complexity index is 237. The Kier molecular flexibility index (Phi) is 6.66. The van der Waals surface area contributed by atoms with Gasteiger partial charge in [-0.05, 0) is 69.7 Å². The van der Waals surface area contributed by atoms with Gasteiger partial charge in [0, 0.05) is 12.6 Å². The Hall–Kier alpha value is -0.0800. The van der Waals surface area contributed by atoms with Gasteiger partial charge in [0.05, 0.1) is 6.10 Å². The standard InChI is InChI=1S/C17H33NO/c1-3-11-18-17-10-7-14(4-2)13-15(17)8-9-16-6-5-12-19-16/h14-18H,3-13H2,1-2H3.